The number of hydrogen-bond acceptors (Lipinski definition) is 5. The SMILES string of the molecule is Cc1cc(C)cc(OCC(=O)N2CCN(C(=O)c3cc(S(=O)(=O)Nc4cccc(Cl)c4)c(Cl)cc3Cl)CC2)c1. The van der Waals surface area contributed by atoms with Gasteiger partial charge in [0.15, 0.2) is 6.61 Å². The second-order valence-corrected chi connectivity index (χ2v) is 12.1. The highest BCUT2D eigenvalue weighted by Gasteiger charge is 2.29. The van der Waals surface area contributed by atoms with E-state index in [0.717, 1.165) is 17.2 Å². The van der Waals surface area contributed by atoms with Gasteiger partial charge in [0, 0.05) is 31.2 Å². The molecule has 1 fully saturated rings. The number of halogens is 3. The molecule has 12 heteroatoms. The van der Waals surface area contributed by atoms with E-state index >= 15 is 0 Å². The highest BCUT2D eigenvalue weighted by atomic mass is 35.5. The quantitative estimate of drug-likeness (QED) is 0.385. The molecule has 2 amide bonds. The monoisotopic (exact) mass is 609 g/mol. The van der Waals surface area contributed by atoms with Gasteiger partial charge in [-0.3, -0.25) is 14.3 Å². The van der Waals surface area contributed by atoms with E-state index in [2.05, 4.69) is 4.72 Å². The minimum absolute atomic E-state index is 0.00883. The maximum Gasteiger partial charge on any atom is 0.263 e. The van der Waals surface area contributed by atoms with E-state index in [4.69, 9.17) is 39.5 Å². The number of amides is 2. The second-order valence-electron chi connectivity index (χ2n) is 9.16. The van der Waals surface area contributed by atoms with Gasteiger partial charge in [-0.1, -0.05) is 46.9 Å². The Morgan fingerprint density at radius 3 is 2.15 bits per heavy atom. The molecule has 206 valence electrons. The molecule has 1 heterocycles. The largest absolute Gasteiger partial charge is 0.484 e. The summed E-state index contributed by atoms with van der Waals surface area (Å²) >= 11 is 18.5. The van der Waals surface area contributed by atoms with Crippen LogP contribution < -0.4 is 9.46 Å². The molecule has 1 N–H and O–H groups in total. The van der Waals surface area contributed by atoms with Crippen LogP contribution in [0.5, 0.6) is 5.75 Å². The molecular formula is C27H26Cl3N3O5S. The summed E-state index contributed by atoms with van der Waals surface area (Å²) in [5.74, 6) is -0.0247. The first kappa shape index (κ1) is 29.0. The lowest BCUT2D eigenvalue weighted by molar-refractivity contribution is -0.134. The Hall–Kier alpha value is -2.98. The summed E-state index contributed by atoms with van der Waals surface area (Å²) in [4.78, 5) is 28.8. The molecule has 3 aromatic carbocycles. The van der Waals surface area contributed by atoms with Crippen molar-refractivity contribution in [3.63, 3.8) is 0 Å². The van der Waals surface area contributed by atoms with Gasteiger partial charge in [0.25, 0.3) is 21.8 Å². The Kier molecular flexibility index (Phi) is 8.96. The van der Waals surface area contributed by atoms with Crippen LogP contribution in [0, 0.1) is 13.8 Å². The first-order chi connectivity index (χ1) is 18.4. The van der Waals surface area contributed by atoms with Crippen molar-refractivity contribution in [2.24, 2.45) is 0 Å². The van der Waals surface area contributed by atoms with Crippen LogP contribution in [0.1, 0.15) is 21.5 Å². The smallest absolute Gasteiger partial charge is 0.263 e. The normalized spacial score (nSPS) is 13.8. The Balaban J connectivity index is 1.42. The fourth-order valence-electron chi connectivity index (χ4n) is 4.24. The first-order valence-electron chi connectivity index (χ1n) is 12.0. The number of carbonyl (C=O) groups is 2. The van der Waals surface area contributed by atoms with Crippen LogP contribution in [0.25, 0.3) is 0 Å². The predicted octanol–water partition coefficient (Wildman–Crippen LogP) is 5.43. The Morgan fingerprint density at radius 2 is 1.51 bits per heavy atom. The number of sulfonamides is 1. The van der Waals surface area contributed by atoms with Gasteiger partial charge in [0.05, 0.1) is 21.3 Å². The standard InChI is InChI=1S/C27H26Cl3N3O5S/c1-17-10-18(2)12-21(11-17)38-16-26(34)32-6-8-33(9-7-32)27(35)22-14-25(24(30)15-23(22)29)39(36,37)31-20-5-3-4-19(28)13-20/h3-5,10-15,31H,6-9,16H2,1-2H3. The summed E-state index contributed by atoms with van der Waals surface area (Å²) in [6, 6.07) is 14.3. The molecule has 0 aromatic heterocycles. The van der Waals surface area contributed by atoms with Gasteiger partial charge >= 0.3 is 0 Å². The molecule has 4 rings (SSSR count). The highest BCUT2D eigenvalue weighted by molar-refractivity contribution is 7.92. The summed E-state index contributed by atoms with van der Waals surface area (Å²) in [5, 5.41) is 0.236. The van der Waals surface area contributed by atoms with Gasteiger partial charge in [-0.05, 0) is 67.4 Å². The Morgan fingerprint density at radius 1 is 0.872 bits per heavy atom. The number of aryl methyl sites for hydroxylation is 2. The summed E-state index contributed by atoms with van der Waals surface area (Å²) in [7, 11) is -4.16. The number of anilines is 1. The summed E-state index contributed by atoms with van der Waals surface area (Å²) in [5.41, 5.74) is 2.32. The molecule has 8 nitrogen and oxygen atoms in total. The van der Waals surface area contributed by atoms with Crippen molar-refractivity contribution in [1.29, 1.82) is 0 Å². The maximum atomic E-state index is 13.3. The van der Waals surface area contributed by atoms with Crippen LogP contribution in [-0.4, -0.2) is 62.8 Å². The van der Waals surface area contributed by atoms with Crippen LogP contribution >= 0.6 is 34.8 Å². The van der Waals surface area contributed by atoms with Crippen LogP contribution in [0.2, 0.25) is 15.1 Å². The third-order valence-corrected chi connectivity index (χ3v) is 8.49. The lowest BCUT2D eigenvalue weighted by atomic mass is 10.1. The van der Waals surface area contributed by atoms with Gasteiger partial charge in [0.1, 0.15) is 10.6 Å². The predicted molar refractivity (Wildman–Crippen MR) is 153 cm³/mol. The van der Waals surface area contributed by atoms with Gasteiger partial charge in [0.2, 0.25) is 0 Å². The number of ether oxygens (including phenoxy) is 1. The summed E-state index contributed by atoms with van der Waals surface area (Å²) in [6.45, 7) is 4.89. The van der Waals surface area contributed by atoms with Gasteiger partial charge in [-0.15, -0.1) is 0 Å². The molecule has 0 unspecified atom stereocenters. The molecule has 0 atom stereocenters. The second kappa shape index (κ2) is 12.0. The van der Waals surface area contributed by atoms with Crippen molar-refractivity contribution in [2.75, 3.05) is 37.5 Å². The average molecular weight is 611 g/mol. The van der Waals surface area contributed by atoms with Crippen molar-refractivity contribution < 1.29 is 22.7 Å². The third kappa shape index (κ3) is 7.16. The molecule has 0 saturated carbocycles. The molecule has 0 spiro atoms. The summed E-state index contributed by atoms with van der Waals surface area (Å²) < 4.78 is 34.2. The number of carbonyl (C=O) groups excluding carboxylic acids is 2. The number of nitrogens with zero attached hydrogens (tertiary/aromatic N) is 2. The van der Waals surface area contributed by atoms with Crippen LogP contribution in [-0.2, 0) is 14.8 Å². The van der Waals surface area contributed by atoms with Crippen LogP contribution in [0.3, 0.4) is 0 Å². The number of rotatable bonds is 7. The molecule has 1 aliphatic heterocycles. The highest BCUT2D eigenvalue weighted by Crippen LogP contribution is 2.31. The van der Waals surface area contributed by atoms with E-state index in [0.29, 0.717) is 23.9 Å². The van der Waals surface area contributed by atoms with Crippen molar-refractivity contribution in [3.8, 4) is 5.75 Å². The van der Waals surface area contributed by atoms with Crippen molar-refractivity contribution in [2.45, 2.75) is 18.7 Å². The number of piperazine rings is 1. The van der Waals surface area contributed by atoms with E-state index in [1.807, 2.05) is 32.0 Å². The molecule has 3 aromatic rings. The van der Waals surface area contributed by atoms with E-state index in [1.54, 1.807) is 17.0 Å². The topological polar surface area (TPSA) is 96.0 Å². The van der Waals surface area contributed by atoms with Crippen molar-refractivity contribution in [1.82, 2.24) is 9.80 Å². The van der Waals surface area contributed by atoms with Gasteiger partial charge in [-0.2, -0.15) is 0 Å². The van der Waals surface area contributed by atoms with Crippen molar-refractivity contribution in [3.05, 3.63) is 86.4 Å². The summed E-state index contributed by atoms with van der Waals surface area (Å²) in [6.07, 6.45) is 0. The molecule has 1 saturated heterocycles. The zero-order valence-electron chi connectivity index (χ0n) is 21.2. The fourth-order valence-corrected chi connectivity index (χ4v) is 6.34. The molecule has 0 radical (unpaired) electrons. The minimum Gasteiger partial charge on any atom is -0.484 e. The van der Waals surface area contributed by atoms with Gasteiger partial charge < -0.3 is 14.5 Å². The molecule has 39 heavy (non-hydrogen) atoms. The zero-order valence-corrected chi connectivity index (χ0v) is 24.3. The Bertz CT molecular complexity index is 1500. The number of hydrogen-bond donors (Lipinski definition) is 1. The third-order valence-electron chi connectivity index (χ3n) is 6.10. The van der Waals surface area contributed by atoms with Gasteiger partial charge in [-0.25, -0.2) is 8.42 Å². The van der Waals surface area contributed by atoms with Crippen LogP contribution in [0.15, 0.2) is 59.5 Å². The average Bonchev–Trinajstić information content (AvgIpc) is 2.86. The van der Waals surface area contributed by atoms with E-state index < -0.39 is 15.9 Å². The fraction of sp³-hybridized carbons (Fsp3) is 0.259. The van der Waals surface area contributed by atoms with E-state index in [1.165, 1.54) is 23.1 Å². The maximum absolute atomic E-state index is 13.3. The van der Waals surface area contributed by atoms with E-state index in [-0.39, 0.29) is 51.8 Å². The van der Waals surface area contributed by atoms with Crippen molar-refractivity contribution >= 4 is 62.3 Å². The number of benzene rings is 3. The molecule has 0 aliphatic carbocycles. The molecule has 0 bridgehead atoms. The number of nitrogens with one attached hydrogen (secondary N) is 1. The first-order valence-corrected chi connectivity index (χ1v) is 14.6. The van der Waals surface area contributed by atoms with E-state index in [9.17, 15) is 18.0 Å². The van der Waals surface area contributed by atoms with Crippen LogP contribution in [0.4, 0.5) is 5.69 Å². The Labute approximate surface area is 242 Å². The minimum atomic E-state index is -4.16. The lowest BCUT2D eigenvalue weighted by Gasteiger charge is -2.35. The molecular weight excluding hydrogens is 585 g/mol. The zero-order chi connectivity index (χ0) is 28.3. The molecule has 1 aliphatic rings. The lowest BCUT2D eigenvalue weighted by Crippen LogP contribution is -2.51.